The molecule has 1 rings (SSSR count). The first-order valence-electron chi connectivity index (χ1n) is 5.60. The van der Waals surface area contributed by atoms with Crippen LogP contribution >= 0.6 is 0 Å². The number of hydrogen-bond donors (Lipinski definition) is 1. The summed E-state index contributed by atoms with van der Waals surface area (Å²) in [6.45, 7) is 4.57. The summed E-state index contributed by atoms with van der Waals surface area (Å²) in [5.41, 5.74) is 0. The van der Waals surface area contributed by atoms with Crippen molar-refractivity contribution in [2.45, 2.75) is 46.1 Å². The van der Waals surface area contributed by atoms with Gasteiger partial charge in [0.25, 0.3) is 0 Å². The molecule has 0 bridgehead atoms. The van der Waals surface area contributed by atoms with Crippen LogP contribution in [0.3, 0.4) is 0 Å². The standard InChI is InChI=1S/C10H18N4O2/c1-3-4-5-9-11-12-13-14(9)7-8(2)6-10(15)16/h8H,3-7H2,1-2H3,(H,15,16). The number of carboxylic acids is 1. The van der Waals surface area contributed by atoms with Crippen LogP contribution in [0.5, 0.6) is 0 Å². The molecular weight excluding hydrogens is 208 g/mol. The summed E-state index contributed by atoms with van der Waals surface area (Å²) in [7, 11) is 0. The topological polar surface area (TPSA) is 80.9 Å². The van der Waals surface area contributed by atoms with Crippen LogP contribution in [0.1, 0.15) is 38.9 Å². The minimum absolute atomic E-state index is 0.0429. The van der Waals surface area contributed by atoms with Crippen LogP contribution in [-0.4, -0.2) is 31.3 Å². The summed E-state index contributed by atoms with van der Waals surface area (Å²) >= 11 is 0. The highest BCUT2D eigenvalue weighted by Crippen LogP contribution is 2.07. The highest BCUT2D eigenvalue weighted by molar-refractivity contribution is 5.66. The molecule has 0 saturated carbocycles. The van der Waals surface area contributed by atoms with Crippen LogP contribution in [0.4, 0.5) is 0 Å². The van der Waals surface area contributed by atoms with E-state index in [1.807, 2.05) is 6.92 Å². The summed E-state index contributed by atoms with van der Waals surface area (Å²) in [6.07, 6.45) is 3.14. The summed E-state index contributed by atoms with van der Waals surface area (Å²) in [4.78, 5) is 10.5. The monoisotopic (exact) mass is 226 g/mol. The van der Waals surface area contributed by atoms with Crippen molar-refractivity contribution in [3.05, 3.63) is 5.82 Å². The number of rotatable bonds is 7. The van der Waals surface area contributed by atoms with Gasteiger partial charge in [-0.1, -0.05) is 20.3 Å². The van der Waals surface area contributed by atoms with E-state index in [0.717, 1.165) is 25.1 Å². The Morgan fingerprint density at radius 2 is 2.31 bits per heavy atom. The number of tetrazole rings is 1. The first-order chi connectivity index (χ1) is 7.63. The average Bonchev–Trinajstić information content (AvgIpc) is 2.61. The molecule has 0 aliphatic carbocycles. The van der Waals surface area contributed by atoms with E-state index in [9.17, 15) is 4.79 Å². The molecule has 0 spiro atoms. The normalized spacial score (nSPS) is 12.6. The van der Waals surface area contributed by atoms with Gasteiger partial charge in [0.15, 0.2) is 5.82 Å². The van der Waals surface area contributed by atoms with Gasteiger partial charge in [-0.25, -0.2) is 4.68 Å². The fourth-order valence-corrected chi connectivity index (χ4v) is 1.54. The van der Waals surface area contributed by atoms with E-state index in [1.54, 1.807) is 4.68 Å². The lowest BCUT2D eigenvalue weighted by Gasteiger charge is -2.09. The zero-order valence-corrected chi connectivity index (χ0v) is 9.76. The summed E-state index contributed by atoms with van der Waals surface area (Å²) in [5.74, 6) is 0.108. The van der Waals surface area contributed by atoms with Gasteiger partial charge in [0, 0.05) is 19.4 Å². The highest BCUT2D eigenvalue weighted by atomic mass is 16.4. The van der Waals surface area contributed by atoms with Crippen molar-refractivity contribution in [3.8, 4) is 0 Å². The van der Waals surface area contributed by atoms with Gasteiger partial charge in [-0.2, -0.15) is 0 Å². The fraction of sp³-hybridized carbons (Fsp3) is 0.800. The third-order valence-corrected chi connectivity index (χ3v) is 2.37. The molecule has 1 heterocycles. The Bertz CT molecular complexity index is 337. The number of carboxylic acid groups (broad SMARTS) is 1. The molecule has 90 valence electrons. The van der Waals surface area contributed by atoms with E-state index < -0.39 is 5.97 Å². The Hall–Kier alpha value is -1.46. The molecule has 1 atom stereocenters. The van der Waals surface area contributed by atoms with E-state index in [2.05, 4.69) is 22.4 Å². The molecule has 1 aromatic rings. The second-order valence-electron chi connectivity index (χ2n) is 4.08. The number of unbranched alkanes of at least 4 members (excludes halogenated alkanes) is 1. The zero-order valence-electron chi connectivity index (χ0n) is 9.76. The molecule has 6 nitrogen and oxygen atoms in total. The van der Waals surface area contributed by atoms with Gasteiger partial charge >= 0.3 is 5.97 Å². The van der Waals surface area contributed by atoms with Gasteiger partial charge in [-0.3, -0.25) is 4.79 Å². The Morgan fingerprint density at radius 1 is 1.56 bits per heavy atom. The molecule has 0 aliphatic heterocycles. The summed E-state index contributed by atoms with van der Waals surface area (Å²) in [6, 6.07) is 0. The Labute approximate surface area is 94.7 Å². The van der Waals surface area contributed by atoms with E-state index >= 15 is 0 Å². The molecule has 0 aromatic carbocycles. The molecule has 0 saturated heterocycles. The minimum atomic E-state index is -0.782. The van der Waals surface area contributed by atoms with Gasteiger partial charge in [0.1, 0.15) is 0 Å². The van der Waals surface area contributed by atoms with Crippen LogP contribution in [0.2, 0.25) is 0 Å². The highest BCUT2D eigenvalue weighted by Gasteiger charge is 2.12. The number of nitrogens with zero attached hydrogens (tertiary/aromatic N) is 4. The maximum Gasteiger partial charge on any atom is 0.303 e. The van der Waals surface area contributed by atoms with Crippen LogP contribution < -0.4 is 0 Å². The number of aliphatic carboxylic acids is 1. The van der Waals surface area contributed by atoms with Gasteiger partial charge in [-0.05, 0) is 22.8 Å². The molecule has 1 aromatic heterocycles. The van der Waals surface area contributed by atoms with Crippen molar-refractivity contribution >= 4 is 5.97 Å². The maximum atomic E-state index is 10.5. The number of carbonyl (C=O) groups is 1. The van der Waals surface area contributed by atoms with E-state index in [4.69, 9.17) is 5.11 Å². The molecule has 0 fully saturated rings. The number of aromatic nitrogens is 4. The first-order valence-corrected chi connectivity index (χ1v) is 5.60. The zero-order chi connectivity index (χ0) is 12.0. The molecule has 0 amide bonds. The second kappa shape index (κ2) is 6.19. The van der Waals surface area contributed by atoms with Crippen molar-refractivity contribution in [1.29, 1.82) is 0 Å². The predicted molar refractivity (Wildman–Crippen MR) is 57.8 cm³/mol. The van der Waals surface area contributed by atoms with Gasteiger partial charge < -0.3 is 5.11 Å². The Kier molecular flexibility index (Phi) is 4.88. The molecule has 0 radical (unpaired) electrons. The first kappa shape index (κ1) is 12.6. The third-order valence-electron chi connectivity index (χ3n) is 2.37. The van der Waals surface area contributed by atoms with Crippen molar-refractivity contribution in [1.82, 2.24) is 20.2 Å². The SMILES string of the molecule is CCCCc1nnnn1CC(C)CC(=O)O. The van der Waals surface area contributed by atoms with Gasteiger partial charge in [0.05, 0.1) is 0 Å². The lowest BCUT2D eigenvalue weighted by atomic mass is 10.1. The smallest absolute Gasteiger partial charge is 0.303 e. The van der Waals surface area contributed by atoms with Crippen LogP contribution in [0.15, 0.2) is 0 Å². The van der Waals surface area contributed by atoms with Crippen LogP contribution in [-0.2, 0) is 17.8 Å². The quantitative estimate of drug-likeness (QED) is 0.753. The fourth-order valence-electron chi connectivity index (χ4n) is 1.54. The van der Waals surface area contributed by atoms with Crippen LogP contribution in [0, 0.1) is 5.92 Å². The maximum absolute atomic E-state index is 10.5. The minimum Gasteiger partial charge on any atom is -0.481 e. The van der Waals surface area contributed by atoms with E-state index in [0.29, 0.717) is 6.54 Å². The molecule has 16 heavy (non-hydrogen) atoms. The van der Waals surface area contributed by atoms with E-state index in [1.165, 1.54) is 0 Å². The van der Waals surface area contributed by atoms with Crippen molar-refractivity contribution in [2.75, 3.05) is 0 Å². The lowest BCUT2D eigenvalue weighted by Crippen LogP contribution is -2.15. The molecular formula is C10H18N4O2. The lowest BCUT2D eigenvalue weighted by molar-refractivity contribution is -0.138. The summed E-state index contributed by atoms with van der Waals surface area (Å²) in [5, 5.41) is 20.1. The van der Waals surface area contributed by atoms with Crippen molar-refractivity contribution < 1.29 is 9.90 Å². The second-order valence-corrected chi connectivity index (χ2v) is 4.08. The number of aryl methyl sites for hydroxylation is 1. The molecule has 1 N–H and O–H groups in total. The van der Waals surface area contributed by atoms with Crippen molar-refractivity contribution in [2.24, 2.45) is 5.92 Å². The van der Waals surface area contributed by atoms with Crippen LogP contribution in [0.25, 0.3) is 0 Å². The predicted octanol–water partition coefficient (Wildman–Crippen LogP) is 1.13. The molecule has 6 heteroatoms. The summed E-state index contributed by atoms with van der Waals surface area (Å²) < 4.78 is 1.71. The third kappa shape index (κ3) is 3.96. The molecule has 1 unspecified atom stereocenters. The Morgan fingerprint density at radius 3 is 2.94 bits per heavy atom. The van der Waals surface area contributed by atoms with E-state index in [-0.39, 0.29) is 12.3 Å². The average molecular weight is 226 g/mol. The largest absolute Gasteiger partial charge is 0.481 e. The van der Waals surface area contributed by atoms with Crippen molar-refractivity contribution in [3.63, 3.8) is 0 Å². The Balaban J connectivity index is 2.52. The number of hydrogen-bond acceptors (Lipinski definition) is 4. The van der Waals surface area contributed by atoms with Gasteiger partial charge in [0.2, 0.25) is 0 Å². The van der Waals surface area contributed by atoms with Gasteiger partial charge in [-0.15, -0.1) is 5.10 Å². The molecule has 0 aliphatic rings.